The smallest absolute Gasteiger partial charge is 0.216 e. The summed E-state index contributed by atoms with van der Waals surface area (Å²) in [6, 6.07) is 6.01. The molecule has 106 valence electrons. The molecule has 2 rings (SSSR count). The summed E-state index contributed by atoms with van der Waals surface area (Å²) in [5.74, 6) is 0.548. The van der Waals surface area contributed by atoms with Crippen LogP contribution in [-0.2, 0) is 0 Å². The molecule has 0 bridgehead atoms. The molecule has 0 saturated heterocycles. The average molecular weight is 277 g/mol. The molecule has 1 N–H and O–H groups in total. The lowest BCUT2D eigenvalue weighted by Gasteiger charge is -2.17. The van der Waals surface area contributed by atoms with Gasteiger partial charge < -0.3 is 14.8 Å². The molecule has 2 aromatic rings. The zero-order valence-electron chi connectivity index (χ0n) is 11.6. The van der Waals surface area contributed by atoms with E-state index in [9.17, 15) is 4.39 Å². The lowest BCUT2D eigenvalue weighted by molar-refractivity contribution is 0.394. The van der Waals surface area contributed by atoms with Crippen LogP contribution in [0.25, 0.3) is 0 Å². The summed E-state index contributed by atoms with van der Waals surface area (Å²) in [5, 5.41) is 3.04. The minimum absolute atomic E-state index is 0.360. The third-order valence-corrected chi connectivity index (χ3v) is 2.98. The molecule has 20 heavy (non-hydrogen) atoms. The number of rotatable bonds is 5. The molecule has 1 aromatic heterocycles. The van der Waals surface area contributed by atoms with Crippen molar-refractivity contribution >= 4 is 0 Å². The van der Waals surface area contributed by atoms with E-state index in [4.69, 9.17) is 9.47 Å². The van der Waals surface area contributed by atoms with E-state index in [1.54, 1.807) is 25.2 Å². The van der Waals surface area contributed by atoms with E-state index in [-0.39, 0.29) is 5.82 Å². The number of aromatic nitrogens is 2. The van der Waals surface area contributed by atoms with E-state index in [1.165, 1.54) is 26.6 Å². The Balaban J connectivity index is 2.41. The van der Waals surface area contributed by atoms with Crippen LogP contribution in [0.2, 0.25) is 0 Å². The largest absolute Gasteiger partial charge is 0.497 e. The molecule has 1 atom stereocenters. The van der Waals surface area contributed by atoms with E-state index in [1.807, 2.05) is 0 Å². The van der Waals surface area contributed by atoms with E-state index < -0.39 is 6.04 Å². The number of nitrogens with one attached hydrogen (secondary N) is 1. The highest BCUT2D eigenvalue weighted by molar-refractivity contribution is 5.35. The molecule has 1 aromatic carbocycles. The predicted octanol–water partition coefficient (Wildman–Crippen LogP) is 1.94. The SMILES string of the molecule is CNC(c1cc(OC)ncn1)c1ccc(OC)cc1F. The van der Waals surface area contributed by atoms with Gasteiger partial charge in [0.1, 0.15) is 17.9 Å². The second-order valence-electron chi connectivity index (χ2n) is 4.09. The number of methoxy groups -OCH3 is 2. The average Bonchev–Trinajstić information content (AvgIpc) is 2.49. The van der Waals surface area contributed by atoms with Crippen LogP contribution in [0.3, 0.4) is 0 Å². The maximum atomic E-state index is 14.1. The first-order valence-corrected chi connectivity index (χ1v) is 6.06. The molecule has 5 nitrogen and oxygen atoms in total. The van der Waals surface area contributed by atoms with Crippen molar-refractivity contribution in [2.45, 2.75) is 6.04 Å². The predicted molar refractivity (Wildman–Crippen MR) is 72.4 cm³/mol. The second-order valence-corrected chi connectivity index (χ2v) is 4.09. The number of hydrogen-bond acceptors (Lipinski definition) is 5. The van der Waals surface area contributed by atoms with Crippen LogP contribution in [0.15, 0.2) is 30.6 Å². The van der Waals surface area contributed by atoms with Gasteiger partial charge in [-0.15, -0.1) is 0 Å². The quantitative estimate of drug-likeness (QED) is 0.905. The van der Waals surface area contributed by atoms with E-state index in [0.29, 0.717) is 22.9 Å². The monoisotopic (exact) mass is 277 g/mol. The maximum Gasteiger partial charge on any atom is 0.216 e. The highest BCUT2D eigenvalue weighted by Crippen LogP contribution is 2.26. The highest BCUT2D eigenvalue weighted by atomic mass is 19.1. The molecule has 0 fully saturated rings. The van der Waals surface area contributed by atoms with Gasteiger partial charge in [0.25, 0.3) is 0 Å². The highest BCUT2D eigenvalue weighted by Gasteiger charge is 2.18. The van der Waals surface area contributed by atoms with Gasteiger partial charge in [0.05, 0.1) is 26.0 Å². The minimum Gasteiger partial charge on any atom is -0.497 e. The van der Waals surface area contributed by atoms with Crippen molar-refractivity contribution in [2.24, 2.45) is 0 Å². The number of halogens is 1. The van der Waals surface area contributed by atoms with Crippen molar-refractivity contribution < 1.29 is 13.9 Å². The fourth-order valence-electron chi connectivity index (χ4n) is 1.95. The molecule has 0 radical (unpaired) electrons. The standard InChI is InChI=1S/C14H16FN3O2/c1-16-14(12-7-13(20-3)18-8-17-12)10-5-4-9(19-2)6-11(10)15/h4-8,14,16H,1-3H3. The van der Waals surface area contributed by atoms with Crippen LogP contribution in [0.1, 0.15) is 17.3 Å². The van der Waals surface area contributed by atoms with Crippen LogP contribution >= 0.6 is 0 Å². The van der Waals surface area contributed by atoms with Gasteiger partial charge in [-0.25, -0.2) is 14.4 Å². The molecule has 6 heteroatoms. The van der Waals surface area contributed by atoms with Gasteiger partial charge >= 0.3 is 0 Å². The maximum absolute atomic E-state index is 14.1. The van der Waals surface area contributed by atoms with Gasteiger partial charge in [-0.05, 0) is 13.1 Å². The number of benzene rings is 1. The van der Waals surface area contributed by atoms with Gasteiger partial charge in [-0.2, -0.15) is 0 Å². The first kappa shape index (κ1) is 14.2. The normalized spacial score (nSPS) is 12.0. The van der Waals surface area contributed by atoms with Gasteiger partial charge in [-0.3, -0.25) is 0 Å². The Morgan fingerprint density at radius 1 is 1.15 bits per heavy atom. The zero-order valence-corrected chi connectivity index (χ0v) is 11.6. The Hall–Kier alpha value is -2.21. The molecule has 0 aliphatic heterocycles. The lowest BCUT2D eigenvalue weighted by Crippen LogP contribution is -2.20. The fourth-order valence-corrected chi connectivity index (χ4v) is 1.95. The van der Waals surface area contributed by atoms with E-state index in [0.717, 1.165) is 0 Å². The Morgan fingerprint density at radius 2 is 1.95 bits per heavy atom. The minimum atomic E-state index is -0.391. The summed E-state index contributed by atoms with van der Waals surface area (Å²) in [6.07, 6.45) is 1.39. The third kappa shape index (κ3) is 2.85. The fraction of sp³-hybridized carbons (Fsp3) is 0.286. The van der Waals surface area contributed by atoms with Crippen LogP contribution < -0.4 is 14.8 Å². The third-order valence-electron chi connectivity index (χ3n) is 2.98. The van der Waals surface area contributed by atoms with Crippen molar-refractivity contribution in [3.63, 3.8) is 0 Å². The molecule has 1 unspecified atom stereocenters. The first-order valence-electron chi connectivity index (χ1n) is 6.06. The summed E-state index contributed by atoms with van der Waals surface area (Å²) in [6.45, 7) is 0. The van der Waals surface area contributed by atoms with E-state index >= 15 is 0 Å². The number of hydrogen-bond donors (Lipinski definition) is 1. The van der Waals surface area contributed by atoms with Crippen molar-refractivity contribution in [1.82, 2.24) is 15.3 Å². The summed E-state index contributed by atoms with van der Waals surface area (Å²) in [4.78, 5) is 8.11. The van der Waals surface area contributed by atoms with Gasteiger partial charge in [0, 0.05) is 17.7 Å². The van der Waals surface area contributed by atoms with Crippen molar-refractivity contribution in [3.8, 4) is 11.6 Å². The van der Waals surface area contributed by atoms with Crippen LogP contribution in [0.4, 0.5) is 4.39 Å². The summed E-state index contributed by atoms with van der Waals surface area (Å²) in [5.41, 5.74) is 1.11. The Labute approximate surface area is 116 Å². The van der Waals surface area contributed by atoms with Gasteiger partial charge in [-0.1, -0.05) is 6.07 Å². The molecule has 1 heterocycles. The van der Waals surface area contributed by atoms with Crippen LogP contribution in [0.5, 0.6) is 11.6 Å². The zero-order chi connectivity index (χ0) is 14.5. The van der Waals surface area contributed by atoms with Crippen molar-refractivity contribution in [1.29, 1.82) is 0 Å². The second kappa shape index (κ2) is 6.29. The first-order chi connectivity index (χ1) is 9.69. The van der Waals surface area contributed by atoms with Crippen molar-refractivity contribution in [3.05, 3.63) is 47.7 Å². The Bertz CT molecular complexity index is 592. The molecule has 0 saturated carbocycles. The molecule has 0 aliphatic rings. The Morgan fingerprint density at radius 3 is 2.55 bits per heavy atom. The van der Waals surface area contributed by atoms with Gasteiger partial charge in [0.2, 0.25) is 5.88 Å². The summed E-state index contributed by atoms with van der Waals surface area (Å²) < 4.78 is 24.2. The van der Waals surface area contributed by atoms with E-state index in [2.05, 4.69) is 15.3 Å². The summed E-state index contributed by atoms with van der Waals surface area (Å²) in [7, 11) is 4.76. The molecular weight excluding hydrogens is 261 g/mol. The Kier molecular flexibility index (Phi) is 4.47. The summed E-state index contributed by atoms with van der Waals surface area (Å²) >= 11 is 0. The molecular formula is C14H16FN3O2. The number of ether oxygens (including phenoxy) is 2. The van der Waals surface area contributed by atoms with Crippen LogP contribution in [-0.4, -0.2) is 31.2 Å². The topological polar surface area (TPSA) is 56.3 Å². The van der Waals surface area contributed by atoms with Crippen molar-refractivity contribution in [2.75, 3.05) is 21.3 Å². The molecule has 0 aliphatic carbocycles. The van der Waals surface area contributed by atoms with Gasteiger partial charge in [0.15, 0.2) is 0 Å². The number of nitrogens with zero attached hydrogens (tertiary/aromatic N) is 2. The molecule has 0 spiro atoms. The lowest BCUT2D eigenvalue weighted by atomic mass is 10.0. The van der Waals surface area contributed by atoms with Crippen LogP contribution in [0, 0.1) is 5.82 Å². The molecule has 0 amide bonds.